The Labute approximate surface area is 193 Å². The first-order valence-corrected chi connectivity index (χ1v) is 13.2. The lowest BCUT2D eigenvalue weighted by atomic mass is 9.74. The fourth-order valence-electron chi connectivity index (χ4n) is 5.72. The van der Waals surface area contributed by atoms with E-state index in [-0.39, 0.29) is 0 Å². The number of fused-ring (bicyclic) bond motifs is 4. The summed E-state index contributed by atoms with van der Waals surface area (Å²) in [4.78, 5) is 4.49. The van der Waals surface area contributed by atoms with Gasteiger partial charge in [0.05, 0.1) is 6.10 Å². The summed E-state index contributed by atoms with van der Waals surface area (Å²) in [6, 6.07) is 13.6. The third-order valence-electron chi connectivity index (χ3n) is 7.22. The van der Waals surface area contributed by atoms with Crippen molar-refractivity contribution in [1.82, 2.24) is 0 Å². The van der Waals surface area contributed by atoms with Gasteiger partial charge in [-0.3, -0.25) is 0 Å². The van der Waals surface area contributed by atoms with Crippen LogP contribution < -0.4 is 0 Å². The lowest BCUT2D eigenvalue weighted by molar-refractivity contribution is 0.0866. The molecule has 0 N–H and O–H groups in total. The van der Waals surface area contributed by atoms with Gasteiger partial charge in [-0.2, -0.15) is 0 Å². The van der Waals surface area contributed by atoms with E-state index in [9.17, 15) is 0 Å². The first kappa shape index (κ1) is 20.0. The van der Waals surface area contributed by atoms with Gasteiger partial charge in [0, 0.05) is 28.6 Å². The highest BCUT2D eigenvalue weighted by Gasteiger charge is 2.39. The SMILES string of the molecule is CO[C@H]1CC=C2SC3=C(CCC=C3)/C(=C3\c4c(ccc5ccccc45)SC[C@@H]3C)[C@H]2C1. The quantitative estimate of drug-likeness (QED) is 0.441. The van der Waals surface area contributed by atoms with Crippen LogP contribution in [0.25, 0.3) is 16.3 Å². The summed E-state index contributed by atoms with van der Waals surface area (Å²) in [7, 11) is 1.88. The highest BCUT2D eigenvalue weighted by Crippen LogP contribution is 2.57. The second-order valence-corrected chi connectivity index (χ2v) is 11.3. The van der Waals surface area contributed by atoms with Crippen molar-refractivity contribution in [2.75, 3.05) is 12.9 Å². The van der Waals surface area contributed by atoms with Gasteiger partial charge in [0.25, 0.3) is 0 Å². The maximum absolute atomic E-state index is 5.87. The Balaban J connectivity index is 1.68. The number of benzene rings is 2. The van der Waals surface area contributed by atoms with E-state index in [4.69, 9.17) is 4.74 Å². The third kappa shape index (κ3) is 3.28. The summed E-state index contributed by atoms with van der Waals surface area (Å²) in [5.74, 6) is 2.18. The number of methoxy groups -OCH3 is 1. The first-order chi connectivity index (χ1) is 15.2. The Morgan fingerprint density at radius 2 is 1.97 bits per heavy atom. The average molecular weight is 445 g/mol. The van der Waals surface area contributed by atoms with Crippen molar-refractivity contribution in [2.45, 2.75) is 43.6 Å². The Morgan fingerprint density at radius 1 is 1.06 bits per heavy atom. The minimum atomic E-state index is 0.325. The zero-order chi connectivity index (χ0) is 20.9. The third-order valence-corrected chi connectivity index (χ3v) is 9.83. The molecule has 6 rings (SSSR count). The Kier molecular flexibility index (Phi) is 5.17. The van der Waals surface area contributed by atoms with Crippen LogP contribution in [0.2, 0.25) is 0 Å². The average Bonchev–Trinajstić information content (AvgIpc) is 2.82. The summed E-state index contributed by atoms with van der Waals surface area (Å²) in [6.07, 6.45) is 12.0. The van der Waals surface area contributed by atoms with Crippen LogP contribution >= 0.6 is 23.5 Å². The van der Waals surface area contributed by atoms with Gasteiger partial charge in [-0.05, 0) is 75.6 Å². The molecule has 2 aromatic carbocycles. The van der Waals surface area contributed by atoms with Crippen LogP contribution in [0.3, 0.4) is 0 Å². The highest BCUT2D eigenvalue weighted by molar-refractivity contribution is 8.07. The van der Waals surface area contributed by atoms with E-state index in [1.54, 1.807) is 21.6 Å². The van der Waals surface area contributed by atoms with Gasteiger partial charge < -0.3 is 4.74 Å². The standard InChI is InChI=1S/C28H28OS2/c1-17-16-30-25-13-11-18-7-3-4-8-20(18)28(25)26(17)27-21-9-5-6-10-23(21)31-24-14-12-19(29-2)15-22(24)27/h3-4,6-8,10-11,13-14,17,19,22H,5,9,12,15-16H2,1-2H3/b27-26+/t17-,19-,22-/m0/s1. The maximum Gasteiger partial charge on any atom is 0.0615 e. The largest absolute Gasteiger partial charge is 0.381 e. The van der Waals surface area contributed by atoms with Gasteiger partial charge in [0.2, 0.25) is 0 Å². The van der Waals surface area contributed by atoms with Crippen molar-refractivity contribution >= 4 is 39.9 Å². The molecule has 2 aromatic rings. The van der Waals surface area contributed by atoms with Gasteiger partial charge >= 0.3 is 0 Å². The van der Waals surface area contributed by atoms with Crippen molar-refractivity contribution in [2.24, 2.45) is 11.8 Å². The molecule has 3 atom stereocenters. The summed E-state index contributed by atoms with van der Waals surface area (Å²) < 4.78 is 5.87. The first-order valence-electron chi connectivity index (χ1n) is 11.4. The fraction of sp³-hybridized carbons (Fsp3) is 0.357. The zero-order valence-electron chi connectivity index (χ0n) is 18.2. The normalized spacial score (nSPS) is 30.0. The molecule has 2 aliphatic carbocycles. The van der Waals surface area contributed by atoms with Gasteiger partial charge in [-0.15, -0.1) is 11.8 Å². The van der Waals surface area contributed by atoms with Gasteiger partial charge in [-0.1, -0.05) is 67.2 Å². The molecule has 0 spiro atoms. The molecule has 4 aliphatic rings. The van der Waals surface area contributed by atoms with Crippen LogP contribution in [-0.4, -0.2) is 19.0 Å². The molecule has 0 unspecified atom stereocenters. The van der Waals surface area contributed by atoms with Crippen molar-refractivity contribution in [3.8, 4) is 0 Å². The van der Waals surface area contributed by atoms with E-state index < -0.39 is 0 Å². The fourth-order valence-corrected chi connectivity index (χ4v) is 8.13. The van der Waals surface area contributed by atoms with Gasteiger partial charge in [-0.25, -0.2) is 0 Å². The van der Waals surface area contributed by atoms with Crippen molar-refractivity contribution in [1.29, 1.82) is 0 Å². The van der Waals surface area contributed by atoms with Crippen molar-refractivity contribution < 1.29 is 4.74 Å². The number of thioether (sulfide) groups is 2. The lowest BCUT2D eigenvalue weighted by Crippen LogP contribution is -2.27. The van der Waals surface area contributed by atoms with Crippen LogP contribution in [0.5, 0.6) is 0 Å². The molecule has 0 fully saturated rings. The minimum Gasteiger partial charge on any atom is -0.381 e. The maximum atomic E-state index is 5.87. The molecule has 31 heavy (non-hydrogen) atoms. The molecule has 0 bridgehead atoms. The smallest absolute Gasteiger partial charge is 0.0615 e. The number of rotatable bonds is 1. The summed E-state index contributed by atoms with van der Waals surface area (Å²) >= 11 is 4.06. The molecule has 0 aromatic heterocycles. The summed E-state index contributed by atoms with van der Waals surface area (Å²) in [5, 5.41) is 2.77. The second-order valence-electron chi connectivity index (χ2n) is 9.07. The molecule has 0 saturated carbocycles. The Hall–Kier alpha value is -1.68. The van der Waals surface area contributed by atoms with E-state index in [2.05, 4.69) is 61.5 Å². The molecular weight excluding hydrogens is 416 g/mol. The Bertz CT molecular complexity index is 1180. The van der Waals surface area contributed by atoms with Crippen LogP contribution in [-0.2, 0) is 4.74 Å². The van der Waals surface area contributed by atoms with Crippen LogP contribution in [0.4, 0.5) is 0 Å². The topological polar surface area (TPSA) is 9.23 Å². The molecule has 158 valence electrons. The van der Waals surface area contributed by atoms with E-state index >= 15 is 0 Å². The predicted molar refractivity (Wildman–Crippen MR) is 135 cm³/mol. The number of hydrogen-bond acceptors (Lipinski definition) is 3. The number of hydrogen-bond donors (Lipinski definition) is 0. The molecule has 0 amide bonds. The van der Waals surface area contributed by atoms with Crippen LogP contribution in [0.15, 0.2) is 80.5 Å². The molecule has 2 heterocycles. The van der Waals surface area contributed by atoms with Gasteiger partial charge in [0.1, 0.15) is 0 Å². The van der Waals surface area contributed by atoms with Gasteiger partial charge in [0.15, 0.2) is 0 Å². The lowest BCUT2D eigenvalue weighted by Gasteiger charge is -2.41. The molecule has 2 aliphatic heterocycles. The van der Waals surface area contributed by atoms with E-state index in [1.807, 2.05) is 30.6 Å². The minimum absolute atomic E-state index is 0.325. The summed E-state index contributed by atoms with van der Waals surface area (Å²) in [6.45, 7) is 2.45. The molecular formula is C28H28OS2. The van der Waals surface area contributed by atoms with E-state index in [1.165, 1.54) is 32.6 Å². The van der Waals surface area contributed by atoms with E-state index in [0.717, 1.165) is 25.0 Å². The molecule has 3 heteroatoms. The second kappa shape index (κ2) is 8.03. The predicted octanol–water partition coefficient (Wildman–Crippen LogP) is 8.00. The van der Waals surface area contributed by atoms with Crippen molar-refractivity contribution in [3.05, 3.63) is 81.1 Å². The summed E-state index contributed by atoms with van der Waals surface area (Å²) in [5.41, 5.74) is 6.36. The Morgan fingerprint density at radius 3 is 2.87 bits per heavy atom. The monoisotopic (exact) mass is 444 g/mol. The number of ether oxygens (including phenoxy) is 1. The molecule has 0 radical (unpaired) electrons. The highest BCUT2D eigenvalue weighted by atomic mass is 32.2. The van der Waals surface area contributed by atoms with Crippen LogP contribution in [0.1, 0.15) is 38.2 Å². The molecule has 0 saturated heterocycles. The van der Waals surface area contributed by atoms with Crippen molar-refractivity contribution in [3.63, 3.8) is 0 Å². The zero-order valence-corrected chi connectivity index (χ0v) is 19.8. The van der Waals surface area contributed by atoms with E-state index in [0.29, 0.717) is 17.9 Å². The number of allylic oxidation sites excluding steroid dienone is 6. The molecule has 1 nitrogen and oxygen atoms in total. The van der Waals surface area contributed by atoms with Crippen LogP contribution in [0, 0.1) is 11.8 Å².